The highest BCUT2D eigenvalue weighted by Crippen LogP contribution is 2.34. The summed E-state index contributed by atoms with van der Waals surface area (Å²) < 4.78 is 5.90. The summed E-state index contributed by atoms with van der Waals surface area (Å²) in [5.74, 6) is -0.0721. The molecule has 2 aliphatic heterocycles. The maximum Gasteiger partial charge on any atom is 0.227 e. The van der Waals surface area contributed by atoms with Crippen molar-refractivity contribution in [2.24, 2.45) is 5.92 Å². The molecular formula is C19H22N4O2. The first-order valence-electron chi connectivity index (χ1n) is 8.73. The second-order valence-electron chi connectivity index (χ2n) is 6.63. The van der Waals surface area contributed by atoms with E-state index >= 15 is 0 Å². The third-order valence-corrected chi connectivity index (χ3v) is 5.02. The smallest absolute Gasteiger partial charge is 0.227 e. The Balaban J connectivity index is 1.40. The number of ether oxygens (including phenoxy) is 1. The Morgan fingerprint density at radius 1 is 1.28 bits per heavy atom. The van der Waals surface area contributed by atoms with Crippen LogP contribution in [0.2, 0.25) is 0 Å². The SMILES string of the molecule is O=C(NCc1cccnc1)[C@H]1CN(Cc2ccccn2)[C@@H]2CCO[C@H]12. The lowest BCUT2D eigenvalue weighted by Gasteiger charge is -2.21. The molecule has 130 valence electrons. The van der Waals surface area contributed by atoms with Crippen molar-refractivity contribution >= 4 is 5.91 Å². The molecule has 4 rings (SSSR count). The standard InChI is InChI=1S/C19H22N4O2/c24-19(22-11-14-4-3-7-20-10-14)16-13-23(17-6-9-25-18(16)17)12-15-5-1-2-8-21-15/h1-5,7-8,10,16-18H,6,9,11-13H2,(H,22,24)/t16-,17+,18+/m0/s1. The number of nitrogens with zero attached hydrogens (tertiary/aromatic N) is 3. The zero-order valence-corrected chi connectivity index (χ0v) is 14.0. The lowest BCUT2D eigenvalue weighted by atomic mass is 10.0. The Kier molecular flexibility index (Phi) is 4.72. The third kappa shape index (κ3) is 3.55. The van der Waals surface area contributed by atoms with Crippen LogP contribution in [-0.4, -0.2) is 46.1 Å². The van der Waals surface area contributed by atoms with Crippen LogP contribution in [0.15, 0.2) is 48.9 Å². The summed E-state index contributed by atoms with van der Waals surface area (Å²) in [7, 11) is 0. The zero-order valence-electron chi connectivity index (χ0n) is 14.0. The molecule has 1 amide bonds. The molecule has 1 N–H and O–H groups in total. The van der Waals surface area contributed by atoms with Crippen LogP contribution in [0.4, 0.5) is 0 Å². The molecule has 0 aliphatic carbocycles. The molecule has 2 fully saturated rings. The van der Waals surface area contributed by atoms with E-state index in [1.54, 1.807) is 12.4 Å². The van der Waals surface area contributed by atoms with Crippen LogP contribution in [0.25, 0.3) is 0 Å². The van der Waals surface area contributed by atoms with Crippen molar-refractivity contribution in [2.45, 2.75) is 31.7 Å². The van der Waals surface area contributed by atoms with Crippen LogP contribution >= 0.6 is 0 Å². The van der Waals surface area contributed by atoms with E-state index in [0.29, 0.717) is 19.1 Å². The van der Waals surface area contributed by atoms with Crippen molar-refractivity contribution in [3.8, 4) is 0 Å². The van der Waals surface area contributed by atoms with Gasteiger partial charge in [-0.25, -0.2) is 0 Å². The van der Waals surface area contributed by atoms with Crippen molar-refractivity contribution in [3.05, 3.63) is 60.2 Å². The average molecular weight is 338 g/mol. The molecule has 0 spiro atoms. The predicted molar refractivity (Wildman–Crippen MR) is 92.4 cm³/mol. The molecule has 4 heterocycles. The molecule has 0 saturated carbocycles. The van der Waals surface area contributed by atoms with Crippen LogP contribution in [0, 0.1) is 5.92 Å². The Hall–Kier alpha value is -2.31. The second-order valence-corrected chi connectivity index (χ2v) is 6.63. The molecule has 6 nitrogen and oxygen atoms in total. The average Bonchev–Trinajstić information content (AvgIpc) is 3.25. The highest BCUT2D eigenvalue weighted by atomic mass is 16.5. The normalized spacial score (nSPS) is 25.7. The number of amides is 1. The van der Waals surface area contributed by atoms with E-state index in [1.807, 2.05) is 36.5 Å². The van der Waals surface area contributed by atoms with Gasteiger partial charge in [0.15, 0.2) is 0 Å². The van der Waals surface area contributed by atoms with Crippen molar-refractivity contribution in [1.29, 1.82) is 0 Å². The highest BCUT2D eigenvalue weighted by Gasteiger charge is 2.48. The Morgan fingerprint density at radius 2 is 2.24 bits per heavy atom. The minimum Gasteiger partial charge on any atom is -0.376 e. The number of hydrogen-bond donors (Lipinski definition) is 1. The molecule has 25 heavy (non-hydrogen) atoms. The minimum absolute atomic E-state index is 0.0161. The van der Waals surface area contributed by atoms with E-state index in [0.717, 1.165) is 30.8 Å². The number of nitrogens with one attached hydrogen (secondary N) is 1. The maximum absolute atomic E-state index is 12.7. The molecule has 0 unspecified atom stereocenters. The number of carbonyl (C=O) groups is 1. The molecule has 0 radical (unpaired) electrons. The Morgan fingerprint density at radius 3 is 3.04 bits per heavy atom. The summed E-state index contributed by atoms with van der Waals surface area (Å²) in [6, 6.07) is 10.1. The number of aromatic nitrogens is 2. The van der Waals surface area contributed by atoms with Crippen LogP contribution in [0.3, 0.4) is 0 Å². The molecule has 6 heteroatoms. The summed E-state index contributed by atoms with van der Waals surface area (Å²) >= 11 is 0. The molecule has 2 saturated heterocycles. The fourth-order valence-corrected chi connectivity index (χ4v) is 3.80. The largest absolute Gasteiger partial charge is 0.376 e. The van der Waals surface area contributed by atoms with Crippen LogP contribution in [0.1, 0.15) is 17.7 Å². The van der Waals surface area contributed by atoms with Gasteiger partial charge < -0.3 is 10.1 Å². The van der Waals surface area contributed by atoms with E-state index in [1.165, 1.54) is 0 Å². The van der Waals surface area contributed by atoms with Gasteiger partial charge in [0, 0.05) is 50.9 Å². The molecule has 2 aliphatic rings. The first-order chi connectivity index (χ1) is 12.3. The third-order valence-electron chi connectivity index (χ3n) is 5.02. The molecule has 0 aromatic carbocycles. The topological polar surface area (TPSA) is 67.4 Å². The van der Waals surface area contributed by atoms with Gasteiger partial charge in [0.05, 0.1) is 17.7 Å². The molecule has 3 atom stereocenters. The zero-order chi connectivity index (χ0) is 17.1. The number of pyridine rings is 2. The van der Waals surface area contributed by atoms with E-state index in [4.69, 9.17) is 4.74 Å². The molecule has 2 aromatic rings. The van der Waals surface area contributed by atoms with Gasteiger partial charge in [0.1, 0.15) is 0 Å². The first-order valence-corrected chi connectivity index (χ1v) is 8.73. The van der Waals surface area contributed by atoms with Crippen molar-refractivity contribution < 1.29 is 9.53 Å². The van der Waals surface area contributed by atoms with Gasteiger partial charge in [-0.1, -0.05) is 12.1 Å². The van der Waals surface area contributed by atoms with Gasteiger partial charge >= 0.3 is 0 Å². The first kappa shape index (κ1) is 16.2. The Labute approximate surface area is 147 Å². The van der Waals surface area contributed by atoms with Gasteiger partial charge in [-0.15, -0.1) is 0 Å². The summed E-state index contributed by atoms with van der Waals surface area (Å²) in [6.07, 6.45) is 6.28. The predicted octanol–water partition coefficient (Wildman–Crippen LogP) is 1.38. The Bertz CT molecular complexity index is 710. The van der Waals surface area contributed by atoms with E-state index in [2.05, 4.69) is 20.2 Å². The van der Waals surface area contributed by atoms with Crippen LogP contribution in [-0.2, 0) is 22.6 Å². The number of hydrogen-bond acceptors (Lipinski definition) is 5. The fraction of sp³-hybridized carbons (Fsp3) is 0.421. The number of carbonyl (C=O) groups excluding carboxylic acids is 1. The molecule has 0 bridgehead atoms. The molecular weight excluding hydrogens is 316 g/mol. The van der Waals surface area contributed by atoms with Crippen molar-refractivity contribution in [2.75, 3.05) is 13.2 Å². The summed E-state index contributed by atoms with van der Waals surface area (Å²) in [5.41, 5.74) is 2.03. The second kappa shape index (κ2) is 7.29. The van der Waals surface area contributed by atoms with Crippen LogP contribution < -0.4 is 5.32 Å². The van der Waals surface area contributed by atoms with Gasteiger partial charge in [0.2, 0.25) is 5.91 Å². The summed E-state index contributed by atoms with van der Waals surface area (Å²) in [5, 5.41) is 3.04. The van der Waals surface area contributed by atoms with Gasteiger partial charge in [-0.2, -0.15) is 0 Å². The maximum atomic E-state index is 12.7. The van der Waals surface area contributed by atoms with Crippen molar-refractivity contribution in [1.82, 2.24) is 20.2 Å². The van der Waals surface area contributed by atoms with E-state index in [-0.39, 0.29) is 17.9 Å². The lowest BCUT2D eigenvalue weighted by Crippen LogP contribution is -2.37. The number of rotatable bonds is 5. The monoisotopic (exact) mass is 338 g/mol. The molecule has 2 aromatic heterocycles. The van der Waals surface area contributed by atoms with E-state index < -0.39 is 0 Å². The quantitative estimate of drug-likeness (QED) is 0.892. The van der Waals surface area contributed by atoms with Gasteiger partial charge in [-0.3, -0.25) is 19.7 Å². The van der Waals surface area contributed by atoms with Gasteiger partial charge in [-0.05, 0) is 30.2 Å². The number of fused-ring (bicyclic) bond motifs is 1. The van der Waals surface area contributed by atoms with Gasteiger partial charge in [0.25, 0.3) is 0 Å². The van der Waals surface area contributed by atoms with Crippen molar-refractivity contribution in [3.63, 3.8) is 0 Å². The summed E-state index contributed by atoms with van der Waals surface area (Å²) in [4.78, 5) is 23.5. The highest BCUT2D eigenvalue weighted by molar-refractivity contribution is 5.80. The lowest BCUT2D eigenvalue weighted by molar-refractivity contribution is -0.127. The summed E-state index contributed by atoms with van der Waals surface area (Å²) in [6.45, 7) is 2.70. The van der Waals surface area contributed by atoms with E-state index in [9.17, 15) is 4.79 Å². The van der Waals surface area contributed by atoms with Crippen LogP contribution in [0.5, 0.6) is 0 Å². The fourth-order valence-electron chi connectivity index (χ4n) is 3.80. The number of likely N-dealkylation sites (tertiary alicyclic amines) is 1. The minimum atomic E-state index is -0.132.